The highest BCUT2D eigenvalue weighted by atomic mass is 32.1. The number of hydrogen-bond donors (Lipinski definition) is 2. The largest absolute Gasteiger partial charge is 0.395 e. The zero-order valence-corrected chi connectivity index (χ0v) is 11.6. The molecule has 3 nitrogen and oxygen atoms in total. The standard InChI is InChI=1S/C14H18N2OS/c1-10(2)13-15-14(18)12(16(13)8-9-17)11-6-4-3-5-7-11/h3-7,10,17-18H,8-9H2,1-2H3. The van der Waals surface area contributed by atoms with Crippen molar-refractivity contribution in [3.05, 3.63) is 36.2 Å². The van der Waals surface area contributed by atoms with Crippen molar-refractivity contribution in [2.24, 2.45) is 0 Å². The molecule has 1 aromatic heterocycles. The van der Waals surface area contributed by atoms with Gasteiger partial charge in [-0.1, -0.05) is 44.2 Å². The first-order valence-corrected chi connectivity index (χ1v) is 6.55. The lowest BCUT2D eigenvalue weighted by Gasteiger charge is -2.12. The molecule has 0 aliphatic heterocycles. The number of benzene rings is 1. The van der Waals surface area contributed by atoms with E-state index in [0.717, 1.165) is 22.1 Å². The molecule has 0 saturated carbocycles. The molecule has 0 atom stereocenters. The fourth-order valence-corrected chi connectivity index (χ4v) is 2.46. The Bertz CT molecular complexity index is 520. The van der Waals surface area contributed by atoms with Crippen molar-refractivity contribution in [3.8, 4) is 11.3 Å². The summed E-state index contributed by atoms with van der Waals surface area (Å²) in [6.45, 7) is 4.84. The van der Waals surface area contributed by atoms with Gasteiger partial charge in [-0.3, -0.25) is 0 Å². The second kappa shape index (κ2) is 5.59. The van der Waals surface area contributed by atoms with Crippen molar-refractivity contribution >= 4 is 12.6 Å². The second-order valence-electron chi connectivity index (χ2n) is 4.54. The lowest BCUT2D eigenvalue weighted by molar-refractivity contribution is 0.274. The van der Waals surface area contributed by atoms with Gasteiger partial charge in [0.1, 0.15) is 10.9 Å². The predicted molar refractivity (Wildman–Crippen MR) is 76.1 cm³/mol. The average molecular weight is 262 g/mol. The third kappa shape index (κ3) is 2.44. The maximum atomic E-state index is 9.23. The van der Waals surface area contributed by atoms with Crippen molar-refractivity contribution < 1.29 is 5.11 Å². The van der Waals surface area contributed by atoms with Gasteiger partial charge in [0.05, 0.1) is 12.3 Å². The molecule has 1 heterocycles. The third-order valence-corrected chi connectivity index (χ3v) is 3.18. The predicted octanol–water partition coefficient (Wildman–Crippen LogP) is 2.95. The minimum Gasteiger partial charge on any atom is -0.395 e. The number of nitrogens with zero attached hydrogens (tertiary/aromatic N) is 2. The third-order valence-electron chi connectivity index (χ3n) is 2.87. The van der Waals surface area contributed by atoms with E-state index in [1.807, 2.05) is 30.3 Å². The van der Waals surface area contributed by atoms with Gasteiger partial charge in [-0.2, -0.15) is 0 Å². The molecule has 0 amide bonds. The van der Waals surface area contributed by atoms with Crippen molar-refractivity contribution in [3.63, 3.8) is 0 Å². The van der Waals surface area contributed by atoms with Crippen LogP contribution in [0, 0.1) is 0 Å². The Morgan fingerprint density at radius 1 is 1.28 bits per heavy atom. The molecule has 0 saturated heterocycles. The summed E-state index contributed by atoms with van der Waals surface area (Å²) < 4.78 is 2.06. The van der Waals surface area contributed by atoms with E-state index >= 15 is 0 Å². The van der Waals surface area contributed by atoms with Crippen LogP contribution in [-0.4, -0.2) is 21.3 Å². The van der Waals surface area contributed by atoms with Gasteiger partial charge in [-0.05, 0) is 0 Å². The SMILES string of the molecule is CC(C)c1nc(S)c(-c2ccccc2)n1CCO. The van der Waals surface area contributed by atoms with E-state index in [0.29, 0.717) is 12.5 Å². The zero-order chi connectivity index (χ0) is 13.1. The summed E-state index contributed by atoms with van der Waals surface area (Å²) in [7, 11) is 0. The molecule has 4 heteroatoms. The molecule has 0 spiro atoms. The van der Waals surface area contributed by atoms with Gasteiger partial charge in [0, 0.05) is 18.0 Å². The topological polar surface area (TPSA) is 38.0 Å². The van der Waals surface area contributed by atoms with Crippen LogP contribution < -0.4 is 0 Å². The summed E-state index contributed by atoms with van der Waals surface area (Å²) in [6, 6.07) is 10.0. The van der Waals surface area contributed by atoms with Crippen LogP contribution in [-0.2, 0) is 6.54 Å². The fraction of sp³-hybridized carbons (Fsp3) is 0.357. The van der Waals surface area contributed by atoms with Crippen molar-refractivity contribution in [1.29, 1.82) is 0 Å². The molecular weight excluding hydrogens is 244 g/mol. The van der Waals surface area contributed by atoms with Crippen LogP contribution in [0.1, 0.15) is 25.6 Å². The van der Waals surface area contributed by atoms with Crippen LogP contribution in [0.15, 0.2) is 35.4 Å². The van der Waals surface area contributed by atoms with E-state index in [1.54, 1.807) is 0 Å². The summed E-state index contributed by atoms with van der Waals surface area (Å²) >= 11 is 4.47. The molecular formula is C14H18N2OS. The molecule has 1 N–H and O–H groups in total. The number of aliphatic hydroxyl groups excluding tert-OH is 1. The number of thiol groups is 1. The maximum Gasteiger partial charge on any atom is 0.119 e. The van der Waals surface area contributed by atoms with Gasteiger partial charge >= 0.3 is 0 Å². The summed E-state index contributed by atoms with van der Waals surface area (Å²) in [5.74, 6) is 1.27. The summed E-state index contributed by atoms with van der Waals surface area (Å²) in [4.78, 5) is 4.52. The van der Waals surface area contributed by atoms with Crippen molar-refractivity contribution in [2.75, 3.05) is 6.61 Å². The maximum absolute atomic E-state index is 9.23. The molecule has 2 aromatic rings. The van der Waals surface area contributed by atoms with Crippen molar-refractivity contribution in [1.82, 2.24) is 9.55 Å². The monoisotopic (exact) mass is 262 g/mol. The first-order valence-electron chi connectivity index (χ1n) is 6.10. The minimum absolute atomic E-state index is 0.100. The Hall–Kier alpha value is -1.26. The first kappa shape index (κ1) is 13.2. The van der Waals surface area contributed by atoms with Crippen LogP contribution in [0.25, 0.3) is 11.3 Å². The Morgan fingerprint density at radius 3 is 2.50 bits per heavy atom. The Labute approximate surface area is 113 Å². The number of hydrogen-bond acceptors (Lipinski definition) is 3. The fourth-order valence-electron chi connectivity index (χ4n) is 2.11. The first-order chi connectivity index (χ1) is 8.65. The van der Waals surface area contributed by atoms with Crippen LogP contribution in [0.3, 0.4) is 0 Å². The van der Waals surface area contributed by atoms with E-state index in [9.17, 15) is 5.11 Å². The van der Waals surface area contributed by atoms with Crippen LogP contribution in [0.5, 0.6) is 0 Å². The van der Waals surface area contributed by atoms with Crippen LogP contribution >= 0.6 is 12.6 Å². The molecule has 0 aliphatic carbocycles. The van der Waals surface area contributed by atoms with Crippen LogP contribution in [0.2, 0.25) is 0 Å². The number of rotatable bonds is 4. The minimum atomic E-state index is 0.100. The van der Waals surface area contributed by atoms with Gasteiger partial charge < -0.3 is 9.67 Å². The normalized spacial score (nSPS) is 11.2. The Balaban J connectivity index is 2.59. The zero-order valence-electron chi connectivity index (χ0n) is 10.7. The van der Waals surface area contributed by atoms with Crippen LogP contribution in [0.4, 0.5) is 0 Å². The highest BCUT2D eigenvalue weighted by Crippen LogP contribution is 2.30. The Kier molecular flexibility index (Phi) is 4.09. The summed E-state index contributed by atoms with van der Waals surface area (Å²) in [5.41, 5.74) is 2.06. The number of aromatic nitrogens is 2. The van der Waals surface area contributed by atoms with Gasteiger partial charge in [0.25, 0.3) is 0 Å². The molecule has 0 unspecified atom stereocenters. The average Bonchev–Trinajstić information content (AvgIpc) is 2.68. The van der Waals surface area contributed by atoms with E-state index in [2.05, 4.69) is 36.0 Å². The molecule has 18 heavy (non-hydrogen) atoms. The number of aliphatic hydroxyl groups is 1. The molecule has 2 rings (SSSR count). The Morgan fingerprint density at radius 2 is 1.94 bits per heavy atom. The molecule has 0 aliphatic rings. The lowest BCUT2D eigenvalue weighted by atomic mass is 10.1. The molecule has 0 bridgehead atoms. The quantitative estimate of drug-likeness (QED) is 0.831. The number of imidazole rings is 1. The van der Waals surface area contributed by atoms with Gasteiger partial charge in [0.15, 0.2) is 0 Å². The molecule has 0 fully saturated rings. The van der Waals surface area contributed by atoms with Gasteiger partial charge in [0.2, 0.25) is 0 Å². The van der Waals surface area contributed by atoms with E-state index in [1.165, 1.54) is 0 Å². The smallest absolute Gasteiger partial charge is 0.119 e. The summed E-state index contributed by atoms with van der Waals surface area (Å²) in [6.07, 6.45) is 0. The molecule has 96 valence electrons. The molecule has 1 aromatic carbocycles. The second-order valence-corrected chi connectivity index (χ2v) is 4.96. The van der Waals surface area contributed by atoms with Gasteiger partial charge in [-0.15, -0.1) is 12.6 Å². The summed E-state index contributed by atoms with van der Waals surface area (Å²) in [5, 5.41) is 9.95. The van der Waals surface area contributed by atoms with E-state index < -0.39 is 0 Å². The van der Waals surface area contributed by atoms with Crippen molar-refractivity contribution in [2.45, 2.75) is 31.3 Å². The highest BCUT2D eigenvalue weighted by Gasteiger charge is 2.17. The van der Waals surface area contributed by atoms with E-state index in [4.69, 9.17) is 0 Å². The highest BCUT2D eigenvalue weighted by molar-refractivity contribution is 7.80. The van der Waals surface area contributed by atoms with E-state index in [-0.39, 0.29) is 6.61 Å². The van der Waals surface area contributed by atoms with Gasteiger partial charge in [-0.25, -0.2) is 4.98 Å². The molecule has 0 radical (unpaired) electrons. The lowest BCUT2D eigenvalue weighted by Crippen LogP contribution is -2.09.